The topological polar surface area (TPSA) is 29.1 Å². The fourth-order valence-electron chi connectivity index (χ4n) is 12.7. The third kappa shape index (κ3) is 4.95. The highest BCUT2D eigenvalue weighted by atomic mass is 32.2. The first kappa shape index (κ1) is 29.6. The second kappa shape index (κ2) is 10.7. The summed E-state index contributed by atoms with van der Waals surface area (Å²) in [4.78, 5) is 0. The first-order valence-electron chi connectivity index (χ1n) is 18.2. The summed E-state index contributed by atoms with van der Waals surface area (Å²) in [5.74, 6) is 5.77. The summed E-state index contributed by atoms with van der Waals surface area (Å²) < 4.78 is 17.5. The summed E-state index contributed by atoms with van der Waals surface area (Å²) >= 11 is 0. The van der Waals surface area contributed by atoms with E-state index in [1.165, 1.54) is 98.9 Å². The molecule has 238 valence electrons. The van der Waals surface area contributed by atoms with Gasteiger partial charge in [-0.1, -0.05) is 74.7 Å². The molecule has 3 aromatic carbocycles. The van der Waals surface area contributed by atoms with Gasteiger partial charge in [0.2, 0.25) is 0 Å². The molecule has 45 heavy (non-hydrogen) atoms. The van der Waals surface area contributed by atoms with E-state index in [0.29, 0.717) is 10.3 Å². The normalized spacial score (nSPS) is 38.5. The molecule has 8 aliphatic rings. The Bertz CT molecular complexity index is 1520. The highest BCUT2D eigenvalue weighted by Crippen LogP contribution is 2.78. The van der Waals surface area contributed by atoms with Gasteiger partial charge in [0.05, 0.1) is 21.8 Å². The zero-order valence-corrected chi connectivity index (χ0v) is 29.4. The Morgan fingerprint density at radius 3 is 1.62 bits per heavy atom. The minimum Gasteiger partial charge on any atom is -0.242 e. The van der Waals surface area contributed by atoms with Gasteiger partial charge in [0, 0.05) is 0 Å². The largest absolute Gasteiger partial charge is 0.242 e. The predicted molar refractivity (Wildman–Crippen MR) is 192 cm³/mol. The Kier molecular flexibility index (Phi) is 7.06. The molecular formula is C41H52NOPS. The van der Waals surface area contributed by atoms with E-state index in [0.717, 1.165) is 35.5 Å². The summed E-state index contributed by atoms with van der Waals surface area (Å²) in [6.45, 7) is 6.33. The van der Waals surface area contributed by atoms with Crippen molar-refractivity contribution in [3.05, 3.63) is 77.9 Å². The Morgan fingerprint density at radius 2 is 1.09 bits per heavy atom. The lowest BCUT2D eigenvalue weighted by atomic mass is 9.55. The van der Waals surface area contributed by atoms with Crippen molar-refractivity contribution in [1.29, 1.82) is 0 Å². The number of hydrogen-bond donors (Lipinski definition) is 1. The maximum atomic E-state index is 14.1. The number of benzene rings is 3. The zero-order chi connectivity index (χ0) is 30.6. The van der Waals surface area contributed by atoms with Gasteiger partial charge in [0.25, 0.3) is 0 Å². The van der Waals surface area contributed by atoms with Gasteiger partial charge in [-0.2, -0.15) is 0 Å². The van der Waals surface area contributed by atoms with Gasteiger partial charge < -0.3 is 0 Å². The predicted octanol–water partition coefficient (Wildman–Crippen LogP) is 10.0. The SMILES string of the molecule is CC(C)(C)S(=O)N[C@@H](c1ccccc1P(C12CC3CC(CC(C3)C1)C2)C12CC3CC(CC(C3)C1)C2)c1cccc2ccccc12. The molecule has 3 aromatic rings. The van der Waals surface area contributed by atoms with Crippen LogP contribution in [0, 0.1) is 35.5 Å². The highest BCUT2D eigenvalue weighted by Gasteiger charge is 2.63. The van der Waals surface area contributed by atoms with Crippen molar-refractivity contribution in [3.63, 3.8) is 0 Å². The maximum Gasteiger partial charge on any atom is 0.0979 e. The van der Waals surface area contributed by atoms with Crippen LogP contribution in [0.15, 0.2) is 66.7 Å². The van der Waals surface area contributed by atoms with Crippen LogP contribution in [0.1, 0.15) is 115 Å². The van der Waals surface area contributed by atoms with Crippen LogP contribution >= 0.6 is 7.92 Å². The molecule has 2 atom stereocenters. The number of rotatable bonds is 7. The number of hydrogen-bond acceptors (Lipinski definition) is 1. The minimum absolute atomic E-state index is 0.0971. The van der Waals surface area contributed by atoms with Crippen molar-refractivity contribution in [2.24, 2.45) is 35.5 Å². The average molecular weight is 638 g/mol. The van der Waals surface area contributed by atoms with E-state index < -0.39 is 11.0 Å². The molecule has 0 heterocycles. The third-order valence-corrected chi connectivity index (χ3v) is 18.8. The Balaban J connectivity index is 1.25. The fourth-order valence-corrected chi connectivity index (χ4v) is 18.9. The molecule has 1 unspecified atom stereocenters. The molecule has 2 nitrogen and oxygen atoms in total. The van der Waals surface area contributed by atoms with Crippen LogP contribution in [0.2, 0.25) is 0 Å². The van der Waals surface area contributed by atoms with Crippen molar-refractivity contribution in [2.75, 3.05) is 0 Å². The summed E-state index contributed by atoms with van der Waals surface area (Å²) in [5.41, 5.74) is 2.72. The second-order valence-electron chi connectivity index (χ2n) is 17.7. The summed E-state index contributed by atoms with van der Waals surface area (Å²) in [7, 11) is -1.58. The quantitative estimate of drug-likeness (QED) is 0.257. The lowest BCUT2D eigenvalue weighted by Crippen LogP contribution is -2.58. The van der Waals surface area contributed by atoms with Crippen molar-refractivity contribution < 1.29 is 4.21 Å². The van der Waals surface area contributed by atoms with E-state index in [1.807, 2.05) is 0 Å². The molecule has 0 radical (unpaired) electrons. The average Bonchev–Trinajstić information content (AvgIpc) is 2.98. The van der Waals surface area contributed by atoms with Crippen LogP contribution in [0.25, 0.3) is 10.8 Å². The van der Waals surface area contributed by atoms with Crippen LogP contribution in [0.3, 0.4) is 0 Å². The monoisotopic (exact) mass is 637 g/mol. The molecule has 0 spiro atoms. The smallest absolute Gasteiger partial charge is 0.0979 e. The van der Waals surface area contributed by atoms with E-state index in [4.69, 9.17) is 0 Å². The molecule has 0 saturated heterocycles. The highest BCUT2D eigenvalue weighted by molar-refractivity contribution is 7.84. The molecule has 4 heteroatoms. The fraction of sp³-hybridized carbons (Fsp3) is 0.610. The van der Waals surface area contributed by atoms with Crippen LogP contribution in [0.4, 0.5) is 0 Å². The van der Waals surface area contributed by atoms with Crippen molar-refractivity contribution >= 4 is 35.0 Å². The lowest BCUT2D eigenvalue weighted by Gasteiger charge is -2.67. The molecule has 8 saturated carbocycles. The molecule has 0 aliphatic heterocycles. The maximum absolute atomic E-state index is 14.1. The second-order valence-corrected chi connectivity index (χ2v) is 22.7. The first-order chi connectivity index (χ1) is 21.7. The number of nitrogens with one attached hydrogen (secondary N) is 1. The van der Waals surface area contributed by atoms with Gasteiger partial charge in [-0.25, -0.2) is 8.93 Å². The molecule has 0 amide bonds. The van der Waals surface area contributed by atoms with Crippen molar-refractivity contribution in [2.45, 2.75) is 119 Å². The van der Waals surface area contributed by atoms with Gasteiger partial charge >= 0.3 is 0 Å². The number of fused-ring (bicyclic) bond motifs is 1. The molecule has 8 fully saturated rings. The van der Waals surface area contributed by atoms with Gasteiger partial charge in [0.15, 0.2) is 0 Å². The van der Waals surface area contributed by atoms with E-state index in [1.54, 1.807) is 5.30 Å². The van der Waals surface area contributed by atoms with Gasteiger partial charge in [-0.15, -0.1) is 0 Å². The molecule has 0 aromatic heterocycles. The van der Waals surface area contributed by atoms with Crippen LogP contribution < -0.4 is 10.0 Å². The van der Waals surface area contributed by atoms with E-state index >= 15 is 0 Å². The van der Waals surface area contributed by atoms with Crippen LogP contribution in [0.5, 0.6) is 0 Å². The standard InChI is InChI=1S/C41H52NOPS/c1-39(2,3)45(43)42-38(35-13-8-10-33-9-4-5-11-34(33)35)36-12-6-7-14-37(36)44(40-21-27-15-28(22-40)17-29(16-27)23-40)41-24-30-18-31(25-41)20-32(19-30)26-41/h4-14,27-32,38,42H,15-26H2,1-3H3/t27?,28?,29?,30?,31?,32?,38-,40?,41?,44?,45?/m1/s1. The summed E-state index contributed by atoms with van der Waals surface area (Å²) in [5, 5.41) is 5.24. The van der Waals surface area contributed by atoms with Crippen molar-refractivity contribution in [1.82, 2.24) is 4.72 Å². The molecule has 8 aliphatic carbocycles. The lowest BCUT2D eigenvalue weighted by molar-refractivity contribution is 0.0195. The van der Waals surface area contributed by atoms with Crippen LogP contribution in [-0.2, 0) is 11.0 Å². The van der Waals surface area contributed by atoms with E-state index in [-0.39, 0.29) is 18.7 Å². The van der Waals surface area contributed by atoms with E-state index in [9.17, 15) is 4.21 Å². The van der Waals surface area contributed by atoms with Crippen molar-refractivity contribution in [3.8, 4) is 0 Å². The molecule has 8 bridgehead atoms. The van der Waals surface area contributed by atoms with Gasteiger partial charge in [-0.05, 0) is 171 Å². The minimum atomic E-state index is -1.20. The third-order valence-electron chi connectivity index (χ3n) is 13.4. The van der Waals surface area contributed by atoms with E-state index in [2.05, 4.69) is 92.2 Å². The Morgan fingerprint density at radius 1 is 0.644 bits per heavy atom. The first-order valence-corrected chi connectivity index (χ1v) is 20.7. The molecule has 1 N–H and O–H groups in total. The molecular weight excluding hydrogens is 585 g/mol. The Labute approximate surface area is 275 Å². The van der Waals surface area contributed by atoms with Gasteiger partial charge in [0.1, 0.15) is 0 Å². The Hall–Kier alpha value is -1.54. The zero-order valence-electron chi connectivity index (χ0n) is 27.6. The molecule has 11 rings (SSSR count). The van der Waals surface area contributed by atoms with Crippen LogP contribution in [-0.4, -0.2) is 19.3 Å². The van der Waals surface area contributed by atoms with Gasteiger partial charge in [-0.3, -0.25) is 0 Å². The summed E-state index contributed by atoms with van der Waals surface area (Å²) in [6.07, 6.45) is 18.0. The summed E-state index contributed by atoms with van der Waals surface area (Å²) in [6, 6.07) is 25.2.